The van der Waals surface area contributed by atoms with Crippen LogP contribution in [0.15, 0.2) is 48.5 Å². The molecule has 1 heteroatoms. The molecule has 1 nitrogen and oxygen atoms in total. The second kappa shape index (κ2) is 3.24. The maximum absolute atomic E-state index is 6.07. The molecule has 0 aliphatic carbocycles. The number of hydrogen-bond acceptors (Lipinski definition) is 1. The lowest BCUT2D eigenvalue weighted by molar-refractivity contribution is 1.51. The molecule has 16 heavy (non-hydrogen) atoms. The molecule has 0 unspecified atom stereocenters. The van der Waals surface area contributed by atoms with Gasteiger partial charge in [0.1, 0.15) is 0 Å². The van der Waals surface area contributed by atoms with Crippen LogP contribution in [0, 0.1) is 6.92 Å². The van der Waals surface area contributed by atoms with Crippen LogP contribution in [0.1, 0.15) is 5.56 Å². The SMILES string of the molecule is Cc1ccc2c(c1)cc(N)c1ccccc12. The molecule has 2 N–H and O–H groups in total. The molecule has 0 bridgehead atoms. The highest BCUT2D eigenvalue weighted by atomic mass is 14.5. The van der Waals surface area contributed by atoms with Gasteiger partial charge in [-0.25, -0.2) is 0 Å². The van der Waals surface area contributed by atoms with Gasteiger partial charge in [-0.3, -0.25) is 0 Å². The van der Waals surface area contributed by atoms with Crippen molar-refractivity contribution in [3.05, 3.63) is 54.1 Å². The van der Waals surface area contributed by atoms with Crippen LogP contribution >= 0.6 is 0 Å². The normalized spacial score (nSPS) is 11.1. The van der Waals surface area contributed by atoms with Crippen LogP contribution in [0.25, 0.3) is 21.5 Å². The van der Waals surface area contributed by atoms with Gasteiger partial charge in [-0.05, 0) is 29.1 Å². The summed E-state index contributed by atoms with van der Waals surface area (Å²) < 4.78 is 0. The van der Waals surface area contributed by atoms with Crippen LogP contribution in [0.4, 0.5) is 5.69 Å². The van der Waals surface area contributed by atoms with Gasteiger partial charge in [-0.2, -0.15) is 0 Å². The average molecular weight is 207 g/mol. The molecule has 78 valence electrons. The van der Waals surface area contributed by atoms with E-state index in [0.29, 0.717) is 0 Å². The fraction of sp³-hybridized carbons (Fsp3) is 0.0667. The molecule has 3 aromatic carbocycles. The lowest BCUT2D eigenvalue weighted by atomic mass is 9.99. The number of hydrogen-bond donors (Lipinski definition) is 1. The van der Waals surface area contributed by atoms with Crippen LogP contribution in [-0.2, 0) is 0 Å². The Kier molecular flexibility index (Phi) is 1.87. The second-order valence-corrected chi connectivity index (χ2v) is 4.24. The first kappa shape index (κ1) is 9.22. The number of aryl methyl sites for hydroxylation is 1. The van der Waals surface area contributed by atoms with E-state index in [9.17, 15) is 0 Å². The number of rotatable bonds is 0. The van der Waals surface area contributed by atoms with Crippen LogP contribution in [0.5, 0.6) is 0 Å². The summed E-state index contributed by atoms with van der Waals surface area (Å²) in [6, 6.07) is 16.8. The summed E-state index contributed by atoms with van der Waals surface area (Å²) in [4.78, 5) is 0. The van der Waals surface area contributed by atoms with Crippen molar-refractivity contribution < 1.29 is 0 Å². The summed E-state index contributed by atoms with van der Waals surface area (Å²) in [6.45, 7) is 2.10. The monoisotopic (exact) mass is 207 g/mol. The van der Waals surface area contributed by atoms with E-state index in [1.165, 1.54) is 21.7 Å². The molecular formula is C15H13N. The zero-order valence-corrected chi connectivity index (χ0v) is 9.20. The third-order valence-corrected chi connectivity index (χ3v) is 3.05. The Bertz CT molecular complexity index is 683. The van der Waals surface area contributed by atoms with Crippen molar-refractivity contribution >= 4 is 27.2 Å². The molecule has 0 heterocycles. The largest absolute Gasteiger partial charge is 0.398 e. The minimum atomic E-state index is 0.855. The quantitative estimate of drug-likeness (QED) is 0.439. The maximum Gasteiger partial charge on any atom is 0.0400 e. The van der Waals surface area contributed by atoms with E-state index < -0.39 is 0 Å². The first-order chi connectivity index (χ1) is 7.75. The topological polar surface area (TPSA) is 26.0 Å². The second-order valence-electron chi connectivity index (χ2n) is 4.24. The number of anilines is 1. The summed E-state index contributed by atoms with van der Waals surface area (Å²) in [5.74, 6) is 0. The highest BCUT2D eigenvalue weighted by molar-refractivity contribution is 6.12. The lowest BCUT2D eigenvalue weighted by Crippen LogP contribution is -1.88. The third-order valence-electron chi connectivity index (χ3n) is 3.05. The molecule has 0 aromatic heterocycles. The first-order valence-electron chi connectivity index (χ1n) is 5.43. The third kappa shape index (κ3) is 1.25. The van der Waals surface area contributed by atoms with Crippen molar-refractivity contribution in [2.45, 2.75) is 6.92 Å². The molecule has 3 rings (SSSR count). The Hall–Kier alpha value is -2.02. The van der Waals surface area contributed by atoms with Crippen molar-refractivity contribution in [3.8, 4) is 0 Å². The molecule has 3 aromatic rings. The number of nitrogen functional groups attached to an aromatic ring is 1. The van der Waals surface area contributed by atoms with E-state index in [2.05, 4.69) is 49.4 Å². The fourth-order valence-electron chi connectivity index (χ4n) is 2.26. The van der Waals surface area contributed by atoms with Crippen molar-refractivity contribution in [2.24, 2.45) is 0 Å². The van der Waals surface area contributed by atoms with Crippen molar-refractivity contribution in [1.29, 1.82) is 0 Å². The minimum absolute atomic E-state index is 0.855. The highest BCUT2D eigenvalue weighted by Gasteiger charge is 2.03. The predicted molar refractivity (Wildman–Crippen MR) is 70.6 cm³/mol. The molecule has 0 aliphatic rings. The van der Waals surface area contributed by atoms with Crippen molar-refractivity contribution in [2.75, 3.05) is 5.73 Å². The zero-order chi connectivity index (χ0) is 11.1. The number of nitrogens with two attached hydrogens (primary N) is 1. The molecule has 0 spiro atoms. The summed E-state index contributed by atoms with van der Waals surface area (Å²) in [7, 11) is 0. The number of fused-ring (bicyclic) bond motifs is 3. The van der Waals surface area contributed by atoms with Gasteiger partial charge < -0.3 is 5.73 Å². The van der Waals surface area contributed by atoms with E-state index in [1.54, 1.807) is 0 Å². The lowest BCUT2D eigenvalue weighted by Gasteiger charge is -2.07. The molecule has 0 amide bonds. The Morgan fingerprint density at radius 2 is 1.56 bits per heavy atom. The summed E-state index contributed by atoms with van der Waals surface area (Å²) in [5.41, 5.74) is 8.19. The predicted octanol–water partition coefficient (Wildman–Crippen LogP) is 3.88. The van der Waals surface area contributed by atoms with E-state index in [1.807, 2.05) is 6.07 Å². The molecule has 0 saturated carbocycles. The smallest absolute Gasteiger partial charge is 0.0400 e. The van der Waals surface area contributed by atoms with Crippen LogP contribution in [0.2, 0.25) is 0 Å². The van der Waals surface area contributed by atoms with Gasteiger partial charge in [0.15, 0.2) is 0 Å². The average Bonchev–Trinajstić information content (AvgIpc) is 2.29. The molecule has 0 atom stereocenters. The Morgan fingerprint density at radius 1 is 0.812 bits per heavy atom. The summed E-state index contributed by atoms with van der Waals surface area (Å²) in [6.07, 6.45) is 0. The highest BCUT2D eigenvalue weighted by Crippen LogP contribution is 2.30. The zero-order valence-electron chi connectivity index (χ0n) is 9.20. The van der Waals surface area contributed by atoms with E-state index in [-0.39, 0.29) is 0 Å². The van der Waals surface area contributed by atoms with Gasteiger partial charge in [0.25, 0.3) is 0 Å². The Balaban J connectivity index is 2.59. The Morgan fingerprint density at radius 3 is 2.38 bits per heavy atom. The first-order valence-corrected chi connectivity index (χ1v) is 5.43. The molecule has 0 aliphatic heterocycles. The van der Waals surface area contributed by atoms with E-state index in [0.717, 1.165) is 11.1 Å². The summed E-state index contributed by atoms with van der Waals surface area (Å²) >= 11 is 0. The van der Waals surface area contributed by atoms with E-state index in [4.69, 9.17) is 5.73 Å². The van der Waals surface area contributed by atoms with Gasteiger partial charge in [0, 0.05) is 11.1 Å². The maximum atomic E-state index is 6.07. The molecule has 0 fully saturated rings. The number of benzene rings is 3. The molecule has 0 radical (unpaired) electrons. The minimum Gasteiger partial charge on any atom is -0.398 e. The van der Waals surface area contributed by atoms with Gasteiger partial charge in [0.05, 0.1) is 0 Å². The molecular weight excluding hydrogens is 194 g/mol. The Labute approximate surface area is 94.5 Å². The van der Waals surface area contributed by atoms with Gasteiger partial charge >= 0.3 is 0 Å². The molecule has 0 saturated heterocycles. The summed E-state index contributed by atoms with van der Waals surface area (Å²) in [5, 5.41) is 4.86. The van der Waals surface area contributed by atoms with Crippen LogP contribution in [0.3, 0.4) is 0 Å². The van der Waals surface area contributed by atoms with Gasteiger partial charge in [-0.1, -0.05) is 48.0 Å². The fourth-order valence-corrected chi connectivity index (χ4v) is 2.26. The van der Waals surface area contributed by atoms with Gasteiger partial charge in [-0.15, -0.1) is 0 Å². The van der Waals surface area contributed by atoms with Crippen molar-refractivity contribution in [1.82, 2.24) is 0 Å². The van der Waals surface area contributed by atoms with Crippen LogP contribution < -0.4 is 5.73 Å². The van der Waals surface area contributed by atoms with Crippen LogP contribution in [-0.4, -0.2) is 0 Å². The van der Waals surface area contributed by atoms with E-state index >= 15 is 0 Å². The standard InChI is InChI=1S/C15H13N/c1-10-6-7-12-11(8-10)9-15(16)14-5-3-2-4-13(12)14/h2-9H,16H2,1H3. The van der Waals surface area contributed by atoms with Gasteiger partial charge in [0.2, 0.25) is 0 Å². The van der Waals surface area contributed by atoms with Crippen molar-refractivity contribution in [3.63, 3.8) is 0 Å².